The lowest BCUT2D eigenvalue weighted by Crippen LogP contribution is -2.47. The Kier molecular flexibility index (Phi) is 6.03. The van der Waals surface area contributed by atoms with Gasteiger partial charge in [0.1, 0.15) is 7.05 Å². The topological polar surface area (TPSA) is 3.88 Å². The number of aromatic nitrogens is 1. The molecule has 24 heavy (non-hydrogen) atoms. The molecule has 0 aliphatic heterocycles. The monoisotopic (exact) mass is 340 g/mol. The maximum atomic E-state index is 2.48. The maximum Gasteiger partial charge on any atom is 0.212 e. The van der Waals surface area contributed by atoms with Crippen molar-refractivity contribution in [1.82, 2.24) is 0 Å². The summed E-state index contributed by atoms with van der Waals surface area (Å²) >= 11 is 0. The molecule has 0 N–H and O–H groups in total. The molecular weight excluding hydrogens is 306 g/mol. The predicted octanol–water partition coefficient (Wildman–Crippen LogP) is 5.01. The Bertz CT molecular complexity index is 694. The van der Waals surface area contributed by atoms with Gasteiger partial charge in [0.25, 0.3) is 0 Å². The Labute approximate surface area is 149 Å². The number of rotatable bonds is 6. The Morgan fingerprint density at radius 2 is 1.67 bits per heavy atom. The van der Waals surface area contributed by atoms with Crippen molar-refractivity contribution in [2.24, 2.45) is 13.0 Å². The third-order valence-electron chi connectivity index (χ3n) is 5.25. The third kappa shape index (κ3) is 4.16. The Hall–Kier alpha value is -1.41. The summed E-state index contributed by atoms with van der Waals surface area (Å²) in [5, 5.41) is 1.62. The number of aryl methyl sites for hydroxylation is 2. The zero-order valence-electron chi connectivity index (χ0n) is 16.6. The molecule has 1 heterocycles. The van der Waals surface area contributed by atoms with Crippen molar-refractivity contribution in [2.45, 2.75) is 59.7 Å². The number of benzene rings is 1. The Balaban J connectivity index is 2.61. The first-order chi connectivity index (χ1) is 11.3. The van der Waals surface area contributed by atoms with Gasteiger partial charge in [-0.3, -0.25) is 0 Å². The molecule has 2 heteroatoms. The molecule has 2 rings (SSSR count). The van der Waals surface area contributed by atoms with Crippen LogP contribution >= 0.6 is 0 Å². The number of nitrogens with zero attached hydrogens (tertiary/aromatic N) is 1. The van der Waals surface area contributed by atoms with Gasteiger partial charge in [-0.25, -0.2) is 4.57 Å². The average molecular weight is 341 g/mol. The zero-order valence-corrected chi connectivity index (χ0v) is 17.6. The largest absolute Gasteiger partial charge is 0.212 e. The molecule has 130 valence electrons. The van der Waals surface area contributed by atoms with Gasteiger partial charge in [0.05, 0.1) is 8.07 Å². The minimum atomic E-state index is -1.36. The van der Waals surface area contributed by atoms with Crippen LogP contribution in [0, 0.1) is 12.8 Å². The summed E-state index contributed by atoms with van der Waals surface area (Å²) in [6.07, 6.45) is 6.17. The standard InChI is InChI=1S/C22H34NSi/c1-8-18(9-2)14-19-15-21(20-13-11-10-12-17(20)3)23(4)16-22(19)24(5,6)7/h10-13,15-16,18H,8-9,14H2,1-7H3/q+1. The summed E-state index contributed by atoms with van der Waals surface area (Å²) in [5.41, 5.74) is 5.63. The van der Waals surface area contributed by atoms with Crippen LogP contribution in [0.15, 0.2) is 36.5 Å². The van der Waals surface area contributed by atoms with Gasteiger partial charge < -0.3 is 0 Å². The van der Waals surface area contributed by atoms with Crippen molar-refractivity contribution in [2.75, 3.05) is 0 Å². The SMILES string of the molecule is CCC(CC)Cc1cc(-c2ccccc2C)[n+](C)cc1[Si](C)(C)C. The summed E-state index contributed by atoms with van der Waals surface area (Å²) in [6, 6.07) is 11.2. The molecule has 0 fully saturated rings. The molecule has 0 amide bonds. The molecule has 0 radical (unpaired) electrons. The Morgan fingerprint density at radius 1 is 1.04 bits per heavy atom. The van der Waals surface area contributed by atoms with Gasteiger partial charge in [0.2, 0.25) is 5.69 Å². The highest BCUT2D eigenvalue weighted by Crippen LogP contribution is 2.23. The molecule has 0 saturated carbocycles. The fourth-order valence-corrected chi connectivity index (χ4v) is 5.27. The van der Waals surface area contributed by atoms with E-state index in [1.54, 1.807) is 10.8 Å². The van der Waals surface area contributed by atoms with Crippen LogP contribution in [-0.4, -0.2) is 8.07 Å². The van der Waals surface area contributed by atoms with Crippen LogP contribution in [-0.2, 0) is 13.5 Å². The van der Waals surface area contributed by atoms with Crippen LogP contribution in [0.5, 0.6) is 0 Å². The van der Waals surface area contributed by atoms with Crippen LogP contribution in [0.25, 0.3) is 11.3 Å². The average Bonchev–Trinajstić information content (AvgIpc) is 2.53. The van der Waals surface area contributed by atoms with Crippen molar-refractivity contribution in [3.63, 3.8) is 0 Å². The molecular formula is C22H34NSi+. The van der Waals surface area contributed by atoms with Crippen LogP contribution in [0.4, 0.5) is 0 Å². The van der Waals surface area contributed by atoms with E-state index in [2.05, 4.69) is 88.6 Å². The zero-order chi connectivity index (χ0) is 17.9. The second kappa shape index (κ2) is 7.65. The number of pyridine rings is 1. The predicted molar refractivity (Wildman–Crippen MR) is 109 cm³/mol. The van der Waals surface area contributed by atoms with Crippen LogP contribution < -0.4 is 9.75 Å². The molecule has 0 unspecified atom stereocenters. The van der Waals surface area contributed by atoms with Crippen LogP contribution in [0.3, 0.4) is 0 Å². The van der Waals surface area contributed by atoms with Crippen molar-refractivity contribution >= 4 is 13.3 Å². The van der Waals surface area contributed by atoms with Crippen molar-refractivity contribution < 1.29 is 4.57 Å². The molecule has 0 bridgehead atoms. The number of hydrogen-bond acceptors (Lipinski definition) is 0. The molecule has 0 aliphatic rings. The summed E-state index contributed by atoms with van der Waals surface area (Å²) < 4.78 is 2.34. The van der Waals surface area contributed by atoms with E-state index in [0.29, 0.717) is 0 Å². The third-order valence-corrected chi connectivity index (χ3v) is 7.32. The lowest BCUT2D eigenvalue weighted by molar-refractivity contribution is -0.659. The van der Waals surface area contributed by atoms with Gasteiger partial charge in [0, 0.05) is 16.8 Å². The summed E-state index contributed by atoms with van der Waals surface area (Å²) in [7, 11) is 0.841. The van der Waals surface area contributed by atoms with E-state index in [-0.39, 0.29) is 0 Å². The second-order valence-corrected chi connectivity index (χ2v) is 13.2. The van der Waals surface area contributed by atoms with Crippen molar-refractivity contribution in [3.8, 4) is 11.3 Å². The highest BCUT2D eigenvalue weighted by atomic mass is 28.3. The first kappa shape index (κ1) is 18.9. The van der Waals surface area contributed by atoms with E-state index in [1.165, 1.54) is 36.1 Å². The minimum absolute atomic E-state index is 0.789. The summed E-state index contributed by atoms with van der Waals surface area (Å²) in [5.74, 6) is 0.789. The summed E-state index contributed by atoms with van der Waals surface area (Å²) in [4.78, 5) is 0. The van der Waals surface area contributed by atoms with Gasteiger partial charge in [-0.1, -0.05) is 64.5 Å². The first-order valence-electron chi connectivity index (χ1n) is 9.36. The second-order valence-electron chi connectivity index (χ2n) is 8.16. The highest BCUT2D eigenvalue weighted by Gasteiger charge is 2.27. The maximum absolute atomic E-state index is 2.48. The quantitative estimate of drug-likeness (QED) is 0.514. The fourth-order valence-electron chi connectivity index (χ4n) is 3.55. The molecule has 1 aromatic heterocycles. The van der Waals surface area contributed by atoms with Gasteiger partial charge >= 0.3 is 0 Å². The minimum Gasteiger partial charge on any atom is -0.201 e. The smallest absolute Gasteiger partial charge is 0.201 e. The van der Waals surface area contributed by atoms with Gasteiger partial charge in [-0.15, -0.1) is 0 Å². The van der Waals surface area contributed by atoms with E-state index < -0.39 is 8.07 Å². The molecule has 0 atom stereocenters. The van der Waals surface area contributed by atoms with Gasteiger partial charge in [-0.05, 0) is 36.5 Å². The van der Waals surface area contributed by atoms with E-state index in [9.17, 15) is 0 Å². The van der Waals surface area contributed by atoms with Crippen molar-refractivity contribution in [1.29, 1.82) is 0 Å². The lowest BCUT2D eigenvalue weighted by Gasteiger charge is -2.22. The first-order valence-corrected chi connectivity index (χ1v) is 12.9. The van der Waals surface area contributed by atoms with E-state index in [1.807, 2.05) is 0 Å². The molecule has 0 saturated heterocycles. The number of hydrogen-bond donors (Lipinski definition) is 0. The van der Waals surface area contributed by atoms with Crippen molar-refractivity contribution in [3.05, 3.63) is 47.7 Å². The van der Waals surface area contributed by atoms with E-state index >= 15 is 0 Å². The Morgan fingerprint density at radius 3 is 2.21 bits per heavy atom. The molecule has 0 spiro atoms. The van der Waals surface area contributed by atoms with Gasteiger partial charge in [0.15, 0.2) is 6.20 Å². The lowest BCUT2D eigenvalue weighted by atomic mass is 9.93. The van der Waals surface area contributed by atoms with Crippen LogP contribution in [0.1, 0.15) is 37.8 Å². The van der Waals surface area contributed by atoms with E-state index in [4.69, 9.17) is 0 Å². The molecule has 1 aromatic carbocycles. The normalized spacial score (nSPS) is 12.0. The molecule has 0 aliphatic carbocycles. The van der Waals surface area contributed by atoms with Crippen LogP contribution in [0.2, 0.25) is 19.6 Å². The molecule has 1 nitrogen and oxygen atoms in total. The van der Waals surface area contributed by atoms with Gasteiger partial charge in [-0.2, -0.15) is 0 Å². The van der Waals surface area contributed by atoms with E-state index in [0.717, 1.165) is 5.92 Å². The summed E-state index contributed by atoms with van der Waals surface area (Å²) in [6.45, 7) is 14.3. The highest BCUT2D eigenvalue weighted by molar-refractivity contribution is 6.88. The molecule has 2 aromatic rings. The fraction of sp³-hybridized carbons (Fsp3) is 0.500.